The van der Waals surface area contributed by atoms with Crippen LogP contribution in [0.25, 0.3) is 0 Å². The molecule has 4 aliphatic rings. The Morgan fingerprint density at radius 2 is 1.76 bits per heavy atom. The maximum absolute atomic E-state index is 5.86. The zero-order chi connectivity index (χ0) is 11.4. The molecule has 0 atom stereocenters. The summed E-state index contributed by atoms with van der Waals surface area (Å²) in [5.41, 5.74) is 6.87. The van der Waals surface area contributed by atoms with E-state index in [0.717, 1.165) is 29.4 Å². The van der Waals surface area contributed by atoms with E-state index in [2.05, 4.69) is 15.5 Å². The lowest BCUT2D eigenvalue weighted by Crippen LogP contribution is -2.51. The Labute approximate surface area is 101 Å². The van der Waals surface area contributed by atoms with Gasteiger partial charge in [-0.05, 0) is 55.8 Å². The zero-order valence-electron chi connectivity index (χ0n) is 10.0. The van der Waals surface area contributed by atoms with Crippen molar-refractivity contribution >= 4 is 11.5 Å². The van der Waals surface area contributed by atoms with Gasteiger partial charge in [-0.25, -0.2) is 0 Å². The predicted molar refractivity (Wildman–Crippen MR) is 67.5 cm³/mol. The summed E-state index contributed by atoms with van der Waals surface area (Å²) in [7, 11) is 0. The largest absolute Gasteiger partial charge is 0.382 e. The highest BCUT2D eigenvalue weighted by atomic mass is 15.2. The minimum absolute atomic E-state index is 0.641. The van der Waals surface area contributed by atoms with E-state index in [4.69, 9.17) is 5.73 Å². The molecule has 0 radical (unpaired) electrons. The fourth-order valence-electron chi connectivity index (χ4n) is 4.75. The van der Waals surface area contributed by atoms with Crippen LogP contribution in [0.4, 0.5) is 11.5 Å². The van der Waals surface area contributed by atoms with Crippen molar-refractivity contribution in [2.45, 2.75) is 38.1 Å². The monoisotopic (exact) mass is 232 g/mol. The van der Waals surface area contributed by atoms with Gasteiger partial charge in [0, 0.05) is 6.04 Å². The van der Waals surface area contributed by atoms with Crippen molar-refractivity contribution in [1.82, 2.24) is 10.2 Å². The van der Waals surface area contributed by atoms with Gasteiger partial charge in [0.2, 0.25) is 0 Å². The number of nitrogen functional groups attached to an aromatic ring is 1. The van der Waals surface area contributed by atoms with E-state index in [0.29, 0.717) is 11.9 Å². The zero-order valence-corrected chi connectivity index (χ0v) is 10.0. The maximum atomic E-state index is 5.86. The molecule has 4 aliphatic carbocycles. The molecule has 17 heavy (non-hydrogen) atoms. The van der Waals surface area contributed by atoms with Crippen molar-refractivity contribution in [3.63, 3.8) is 0 Å². The average molecular weight is 232 g/mol. The lowest BCUT2D eigenvalue weighted by atomic mass is 9.54. The fourth-order valence-corrected chi connectivity index (χ4v) is 4.75. The van der Waals surface area contributed by atoms with Crippen molar-refractivity contribution in [3.05, 3.63) is 6.20 Å². The van der Waals surface area contributed by atoms with Crippen LogP contribution in [0.15, 0.2) is 6.20 Å². The first-order chi connectivity index (χ1) is 8.29. The van der Waals surface area contributed by atoms with E-state index in [1.807, 2.05) is 6.20 Å². The first-order valence-electron chi connectivity index (χ1n) is 6.85. The molecule has 1 heterocycles. The normalized spacial score (nSPS) is 42.9. The third kappa shape index (κ3) is 1.46. The van der Waals surface area contributed by atoms with Gasteiger partial charge in [-0.3, -0.25) is 5.10 Å². The Kier molecular flexibility index (Phi) is 1.96. The average Bonchev–Trinajstić information content (AvgIpc) is 2.68. The van der Waals surface area contributed by atoms with Crippen LogP contribution in [0, 0.1) is 23.7 Å². The summed E-state index contributed by atoms with van der Waals surface area (Å²) in [6.07, 6.45) is 9.06. The molecule has 0 aromatic carbocycles. The molecule has 1 aromatic heterocycles. The number of aromatic nitrogens is 2. The van der Waals surface area contributed by atoms with E-state index >= 15 is 0 Å². The molecule has 1 aromatic rings. The van der Waals surface area contributed by atoms with Gasteiger partial charge < -0.3 is 11.1 Å². The number of nitrogens with two attached hydrogens (primary N) is 1. The summed E-state index contributed by atoms with van der Waals surface area (Å²) >= 11 is 0. The van der Waals surface area contributed by atoms with Gasteiger partial charge in [-0.2, -0.15) is 5.10 Å². The van der Waals surface area contributed by atoms with Crippen molar-refractivity contribution in [3.8, 4) is 0 Å². The molecular formula is C13H20N4. The van der Waals surface area contributed by atoms with Crippen molar-refractivity contribution in [1.29, 1.82) is 0 Å². The number of aromatic amines is 1. The molecule has 0 unspecified atom stereocenters. The number of anilines is 2. The second kappa shape index (κ2) is 3.40. The number of rotatable bonds is 2. The third-order valence-corrected chi connectivity index (χ3v) is 5.22. The first-order valence-corrected chi connectivity index (χ1v) is 6.85. The van der Waals surface area contributed by atoms with E-state index in [1.165, 1.54) is 32.1 Å². The van der Waals surface area contributed by atoms with Gasteiger partial charge >= 0.3 is 0 Å². The molecule has 0 saturated heterocycles. The highest BCUT2D eigenvalue weighted by Gasteiger charge is 2.48. The summed E-state index contributed by atoms with van der Waals surface area (Å²) in [4.78, 5) is 0. The van der Waals surface area contributed by atoms with Gasteiger partial charge in [-0.1, -0.05) is 0 Å². The van der Waals surface area contributed by atoms with Gasteiger partial charge in [-0.15, -0.1) is 0 Å². The number of hydrogen-bond donors (Lipinski definition) is 3. The Hall–Kier alpha value is -1.19. The number of H-pyrrole nitrogens is 1. The number of nitrogens with zero attached hydrogens (tertiary/aromatic N) is 1. The predicted octanol–water partition coefficient (Wildman–Crippen LogP) is 2.23. The number of hydrogen-bond acceptors (Lipinski definition) is 3. The van der Waals surface area contributed by atoms with E-state index < -0.39 is 0 Å². The SMILES string of the molecule is Nc1[nH]ncc1NC1C2CC3CC(C2)CC1C3. The van der Waals surface area contributed by atoms with Crippen LogP contribution >= 0.6 is 0 Å². The summed E-state index contributed by atoms with van der Waals surface area (Å²) in [6.45, 7) is 0. The lowest BCUT2D eigenvalue weighted by molar-refractivity contribution is 0.00756. The Balaban J connectivity index is 1.57. The van der Waals surface area contributed by atoms with Crippen LogP contribution in [0.1, 0.15) is 32.1 Å². The molecule has 0 spiro atoms. The van der Waals surface area contributed by atoms with Crippen molar-refractivity contribution < 1.29 is 0 Å². The molecule has 4 nitrogen and oxygen atoms in total. The van der Waals surface area contributed by atoms with Gasteiger partial charge in [0.05, 0.1) is 11.9 Å². The van der Waals surface area contributed by atoms with Crippen molar-refractivity contribution in [2.75, 3.05) is 11.1 Å². The summed E-state index contributed by atoms with van der Waals surface area (Å²) in [6, 6.07) is 0.641. The standard InChI is InChI=1S/C13H20N4/c14-13-11(6-15-17-13)16-12-9-2-7-1-8(4-9)5-10(12)3-7/h6-10,12,16H,1-5H2,(H3,14,15,17). The molecular weight excluding hydrogens is 212 g/mol. The molecule has 4 saturated carbocycles. The quantitative estimate of drug-likeness (QED) is 0.732. The van der Waals surface area contributed by atoms with Gasteiger partial charge in [0.1, 0.15) is 5.82 Å². The smallest absolute Gasteiger partial charge is 0.142 e. The Morgan fingerprint density at radius 1 is 1.12 bits per heavy atom. The number of nitrogens with one attached hydrogen (secondary N) is 2. The van der Waals surface area contributed by atoms with Crippen LogP contribution in [0.3, 0.4) is 0 Å². The molecule has 0 aliphatic heterocycles. The van der Waals surface area contributed by atoms with Crippen LogP contribution in [0.2, 0.25) is 0 Å². The van der Waals surface area contributed by atoms with E-state index in [1.54, 1.807) is 0 Å². The topological polar surface area (TPSA) is 66.7 Å². The molecule has 4 N–H and O–H groups in total. The molecule has 0 amide bonds. The maximum Gasteiger partial charge on any atom is 0.142 e. The minimum atomic E-state index is 0.641. The molecule has 5 rings (SSSR count). The summed E-state index contributed by atoms with van der Waals surface area (Å²) in [5, 5.41) is 10.5. The van der Waals surface area contributed by atoms with Gasteiger partial charge in [0.25, 0.3) is 0 Å². The second-order valence-corrected chi connectivity index (χ2v) is 6.30. The van der Waals surface area contributed by atoms with Gasteiger partial charge in [0.15, 0.2) is 0 Å². The van der Waals surface area contributed by atoms with E-state index in [-0.39, 0.29) is 0 Å². The summed E-state index contributed by atoms with van der Waals surface area (Å²) in [5.74, 6) is 4.48. The fraction of sp³-hybridized carbons (Fsp3) is 0.769. The first kappa shape index (κ1) is 9.80. The third-order valence-electron chi connectivity index (χ3n) is 5.22. The van der Waals surface area contributed by atoms with Crippen LogP contribution in [-0.4, -0.2) is 16.2 Å². The minimum Gasteiger partial charge on any atom is -0.382 e. The second-order valence-electron chi connectivity index (χ2n) is 6.30. The van der Waals surface area contributed by atoms with E-state index in [9.17, 15) is 0 Å². The Morgan fingerprint density at radius 3 is 2.29 bits per heavy atom. The molecule has 4 bridgehead atoms. The molecule has 4 fully saturated rings. The highest BCUT2D eigenvalue weighted by molar-refractivity contribution is 5.60. The Bertz CT molecular complexity index is 397. The van der Waals surface area contributed by atoms with Crippen LogP contribution < -0.4 is 11.1 Å². The van der Waals surface area contributed by atoms with Crippen LogP contribution in [0.5, 0.6) is 0 Å². The van der Waals surface area contributed by atoms with Crippen LogP contribution in [-0.2, 0) is 0 Å². The molecule has 92 valence electrons. The van der Waals surface area contributed by atoms with Crippen molar-refractivity contribution in [2.24, 2.45) is 23.7 Å². The lowest BCUT2D eigenvalue weighted by Gasteiger charge is -2.54. The summed E-state index contributed by atoms with van der Waals surface area (Å²) < 4.78 is 0. The molecule has 4 heteroatoms. The highest BCUT2D eigenvalue weighted by Crippen LogP contribution is 2.54.